The zero-order valence-electron chi connectivity index (χ0n) is 11.2. The number of hydrogen-bond donors (Lipinski definition) is 2. The van der Waals surface area contributed by atoms with Crippen molar-refractivity contribution in [3.8, 4) is 0 Å². The zero-order chi connectivity index (χ0) is 15.4. The highest BCUT2D eigenvalue weighted by Crippen LogP contribution is 2.09. The summed E-state index contributed by atoms with van der Waals surface area (Å²) in [5.41, 5.74) is 1.16. The normalized spacial score (nSPS) is 10.4. The average Bonchev–Trinajstić information content (AvgIpc) is 2.86. The second kappa shape index (κ2) is 6.12. The summed E-state index contributed by atoms with van der Waals surface area (Å²) in [7, 11) is 0. The first kappa shape index (κ1) is 14.6. The van der Waals surface area contributed by atoms with Gasteiger partial charge in [0.25, 0.3) is 5.91 Å². The first-order valence-electron chi connectivity index (χ1n) is 6.11. The predicted molar refractivity (Wildman–Crippen MR) is 70.0 cm³/mol. The lowest BCUT2D eigenvalue weighted by Gasteiger charge is -2.04. The smallest absolute Gasteiger partial charge is 0.325 e. The summed E-state index contributed by atoms with van der Waals surface area (Å²) in [6.07, 6.45) is 1.43. The molecular formula is C13H13FN4O3. The fourth-order valence-electron chi connectivity index (χ4n) is 1.69. The van der Waals surface area contributed by atoms with Gasteiger partial charge in [-0.15, -0.1) is 5.10 Å². The molecule has 8 heteroatoms. The van der Waals surface area contributed by atoms with Gasteiger partial charge >= 0.3 is 5.97 Å². The third-order valence-corrected chi connectivity index (χ3v) is 2.73. The fourth-order valence-corrected chi connectivity index (χ4v) is 1.69. The van der Waals surface area contributed by atoms with Gasteiger partial charge in [0.05, 0.1) is 12.7 Å². The molecule has 0 aliphatic heterocycles. The van der Waals surface area contributed by atoms with Gasteiger partial charge in [0, 0.05) is 5.56 Å². The van der Waals surface area contributed by atoms with E-state index in [0.717, 1.165) is 4.68 Å². The minimum absolute atomic E-state index is 0.106. The second-order valence-electron chi connectivity index (χ2n) is 4.45. The van der Waals surface area contributed by atoms with Crippen LogP contribution >= 0.6 is 0 Å². The van der Waals surface area contributed by atoms with Crippen LogP contribution in [0, 0.1) is 12.7 Å². The summed E-state index contributed by atoms with van der Waals surface area (Å²) >= 11 is 0. The Morgan fingerprint density at radius 1 is 1.43 bits per heavy atom. The van der Waals surface area contributed by atoms with Crippen LogP contribution in [0.5, 0.6) is 0 Å². The van der Waals surface area contributed by atoms with Crippen LogP contribution in [0.2, 0.25) is 0 Å². The quantitative estimate of drug-likeness (QED) is 0.847. The third-order valence-electron chi connectivity index (χ3n) is 2.73. The number of hydrogen-bond acceptors (Lipinski definition) is 4. The number of carbonyl (C=O) groups is 2. The minimum Gasteiger partial charge on any atom is -0.480 e. The van der Waals surface area contributed by atoms with E-state index in [0.29, 0.717) is 16.8 Å². The van der Waals surface area contributed by atoms with Crippen molar-refractivity contribution in [2.24, 2.45) is 0 Å². The van der Waals surface area contributed by atoms with E-state index in [-0.39, 0.29) is 24.8 Å². The molecule has 2 N–H and O–H groups in total. The van der Waals surface area contributed by atoms with Crippen LogP contribution < -0.4 is 5.32 Å². The molecule has 0 aliphatic rings. The van der Waals surface area contributed by atoms with E-state index in [1.54, 1.807) is 6.92 Å². The molecule has 0 fully saturated rings. The highest BCUT2D eigenvalue weighted by molar-refractivity contribution is 5.94. The molecule has 0 bridgehead atoms. The molecular weight excluding hydrogens is 279 g/mol. The van der Waals surface area contributed by atoms with Gasteiger partial charge < -0.3 is 10.4 Å². The lowest BCUT2D eigenvalue weighted by atomic mass is 10.1. The van der Waals surface area contributed by atoms with E-state index >= 15 is 0 Å². The van der Waals surface area contributed by atoms with Crippen molar-refractivity contribution in [2.75, 3.05) is 0 Å². The number of carboxylic acids is 1. The number of aliphatic carboxylic acids is 1. The van der Waals surface area contributed by atoms with E-state index < -0.39 is 5.97 Å². The Hall–Kier alpha value is -2.77. The van der Waals surface area contributed by atoms with Gasteiger partial charge in [-0.2, -0.15) is 0 Å². The molecule has 0 radical (unpaired) electrons. The molecule has 0 aliphatic carbocycles. The van der Waals surface area contributed by atoms with E-state index in [9.17, 15) is 14.0 Å². The number of carbonyl (C=O) groups excluding carboxylic acids is 1. The van der Waals surface area contributed by atoms with Crippen LogP contribution in [-0.2, 0) is 17.9 Å². The van der Waals surface area contributed by atoms with Crippen LogP contribution in [0.4, 0.5) is 4.39 Å². The van der Waals surface area contributed by atoms with Crippen molar-refractivity contribution in [1.29, 1.82) is 0 Å². The second-order valence-corrected chi connectivity index (χ2v) is 4.45. The van der Waals surface area contributed by atoms with E-state index in [1.165, 1.54) is 24.4 Å². The summed E-state index contributed by atoms with van der Waals surface area (Å²) in [5, 5.41) is 18.6. The zero-order valence-corrected chi connectivity index (χ0v) is 11.2. The van der Waals surface area contributed by atoms with E-state index in [1.807, 2.05) is 0 Å². The highest BCUT2D eigenvalue weighted by Gasteiger charge is 2.09. The number of nitrogens with one attached hydrogen (secondary N) is 1. The Labute approximate surface area is 119 Å². The van der Waals surface area contributed by atoms with Crippen molar-refractivity contribution in [1.82, 2.24) is 20.3 Å². The minimum atomic E-state index is -1.03. The molecule has 0 saturated heterocycles. The topological polar surface area (TPSA) is 97.1 Å². The van der Waals surface area contributed by atoms with Gasteiger partial charge in [-0.3, -0.25) is 9.59 Å². The Morgan fingerprint density at radius 3 is 2.86 bits per heavy atom. The number of halogens is 1. The van der Waals surface area contributed by atoms with Gasteiger partial charge in [-0.1, -0.05) is 5.21 Å². The fraction of sp³-hybridized carbons (Fsp3) is 0.231. The first-order valence-corrected chi connectivity index (χ1v) is 6.11. The largest absolute Gasteiger partial charge is 0.480 e. The van der Waals surface area contributed by atoms with Crippen LogP contribution in [0.3, 0.4) is 0 Å². The number of aryl methyl sites for hydroxylation is 1. The van der Waals surface area contributed by atoms with Gasteiger partial charge in [-0.25, -0.2) is 9.07 Å². The first-order chi connectivity index (χ1) is 9.95. The predicted octanol–water partition coefficient (Wildman–Crippen LogP) is 0.740. The Morgan fingerprint density at radius 2 is 2.19 bits per heavy atom. The summed E-state index contributed by atoms with van der Waals surface area (Å²) in [5.74, 6) is -1.77. The molecule has 7 nitrogen and oxygen atoms in total. The molecule has 110 valence electrons. The van der Waals surface area contributed by atoms with Gasteiger partial charge in [-0.05, 0) is 30.7 Å². The van der Waals surface area contributed by atoms with Gasteiger partial charge in [0.15, 0.2) is 0 Å². The molecule has 1 amide bonds. The number of aromatic nitrogens is 3. The van der Waals surface area contributed by atoms with Crippen molar-refractivity contribution in [2.45, 2.75) is 20.0 Å². The number of rotatable bonds is 5. The molecule has 0 atom stereocenters. The molecule has 2 rings (SSSR count). The molecule has 1 heterocycles. The average molecular weight is 292 g/mol. The molecule has 2 aromatic rings. The van der Waals surface area contributed by atoms with Crippen LogP contribution in [-0.4, -0.2) is 32.0 Å². The number of benzene rings is 1. The summed E-state index contributed by atoms with van der Waals surface area (Å²) in [6.45, 7) is 1.39. The third kappa shape index (κ3) is 3.85. The maximum absolute atomic E-state index is 13.1. The van der Waals surface area contributed by atoms with E-state index in [4.69, 9.17) is 5.11 Å². The molecule has 0 saturated carbocycles. The van der Waals surface area contributed by atoms with Crippen molar-refractivity contribution >= 4 is 11.9 Å². The molecule has 0 unspecified atom stereocenters. The van der Waals surface area contributed by atoms with Crippen molar-refractivity contribution in [3.05, 3.63) is 47.0 Å². The van der Waals surface area contributed by atoms with Crippen molar-refractivity contribution in [3.63, 3.8) is 0 Å². The molecule has 21 heavy (non-hydrogen) atoms. The maximum Gasteiger partial charge on any atom is 0.325 e. The standard InChI is InChI=1S/C13H13FN4O3/c1-8-4-9(2-3-11(8)14)13(21)15-5-10-6-18(17-16-10)7-12(19)20/h2-4,6H,5,7H2,1H3,(H,15,21)(H,19,20). The summed E-state index contributed by atoms with van der Waals surface area (Å²) < 4.78 is 14.3. The summed E-state index contributed by atoms with van der Waals surface area (Å²) in [6, 6.07) is 4.07. The maximum atomic E-state index is 13.1. The lowest BCUT2D eigenvalue weighted by molar-refractivity contribution is -0.137. The van der Waals surface area contributed by atoms with Gasteiger partial charge in [0.1, 0.15) is 18.1 Å². The molecule has 1 aromatic carbocycles. The highest BCUT2D eigenvalue weighted by atomic mass is 19.1. The summed E-state index contributed by atoms with van der Waals surface area (Å²) in [4.78, 5) is 22.4. The number of carboxylic acid groups (broad SMARTS) is 1. The van der Waals surface area contributed by atoms with Crippen molar-refractivity contribution < 1.29 is 19.1 Å². The Balaban J connectivity index is 1.95. The van der Waals surface area contributed by atoms with E-state index in [2.05, 4.69) is 15.6 Å². The SMILES string of the molecule is Cc1cc(C(=O)NCc2cn(CC(=O)O)nn2)ccc1F. The monoisotopic (exact) mass is 292 g/mol. The lowest BCUT2D eigenvalue weighted by Crippen LogP contribution is -2.23. The van der Waals surface area contributed by atoms with Crippen LogP contribution in [0.15, 0.2) is 24.4 Å². The molecule has 0 spiro atoms. The van der Waals surface area contributed by atoms with Gasteiger partial charge in [0.2, 0.25) is 0 Å². The number of amides is 1. The number of nitrogens with zero attached hydrogens (tertiary/aromatic N) is 3. The Bertz CT molecular complexity index is 684. The Kier molecular flexibility index (Phi) is 4.27. The van der Waals surface area contributed by atoms with Crippen LogP contribution in [0.25, 0.3) is 0 Å². The van der Waals surface area contributed by atoms with Crippen LogP contribution in [0.1, 0.15) is 21.6 Å². The molecule has 1 aromatic heterocycles.